The van der Waals surface area contributed by atoms with Crippen LogP contribution in [0.1, 0.15) is 16.7 Å². The SMILES string of the molecule is Cc1cc(Oc2cccc(COc3ccccc3C#N)c2)ccc1NO. The molecule has 0 aromatic heterocycles. The molecule has 3 aromatic rings. The van der Waals surface area contributed by atoms with E-state index in [0.29, 0.717) is 35.1 Å². The van der Waals surface area contributed by atoms with Crippen LogP contribution in [0.15, 0.2) is 66.7 Å². The predicted molar refractivity (Wildman–Crippen MR) is 98.6 cm³/mol. The zero-order valence-electron chi connectivity index (χ0n) is 14.3. The van der Waals surface area contributed by atoms with E-state index in [0.717, 1.165) is 11.1 Å². The quantitative estimate of drug-likeness (QED) is 0.612. The molecule has 3 rings (SSSR count). The molecule has 0 unspecified atom stereocenters. The van der Waals surface area contributed by atoms with E-state index in [9.17, 15) is 0 Å². The summed E-state index contributed by atoms with van der Waals surface area (Å²) in [5.41, 5.74) is 5.09. The fourth-order valence-electron chi connectivity index (χ4n) is 2.51. The van der Waals surface area contributed by atoms with E-state index < -0.39 is 0 Å². The molecular formula is C21H18N2O3. The van der Waals surface area contributed by atoms with Gasteiger partial charge in [0.25, 0.3) is 0 Å². The zero-order chi connectivity index (χ0) is 18.4. The number of rotatable bonds is 6. The van der Waals surface area contributed by atoms with Gasteiger partial charge in [0, 0.05) is 0 Å². The topological polar surface area (TPSA) is 74.5 Å². The molecule has 0 atom stereocenters. The molecule has 0 aliphatic carbocycles. The third-order valence-electron chi connectivity index (χ3n) is 3.85. The number of ether oxygens (including phenoxy) is 2. The highest BCUT2D eigenvalue weighted by molar-refractivity contribution is 5.52. The fourth-order valence-corrected chi connectivity index (χ4v) is 2.51. The van der Waals surface area contributed by atoms with Gasteiger partial charge >= 0.3 is 0 Å². The minimum atomic E-state index is 0.336. The molecule has 2 N–H and O–H groups in total. The normalized spacial score (nSPS) is 10.0. The van der Waals surface area contributed by atoms with E-state index in [2.05, 4.69) is 11.5 Å². The molecule has 0 aliphatic rings. The van der Waals surface area contributed by atoms with Crippen LogP contribution in [0.3, 0.4) is 0 Å². The number of nitrogens with one attached hydrogen (secondary N) is 1. The molecule has 0 saturated heterocycles. The maximum atomic E-state index is 9.11. The van der Waals surface area contributed by atoms with Gasteiger partial charge in [-0.1, -0.05) is 24.3 Å². The van der Waals surface area contributed by atoms with Gasteiger partial charge in [-0.2, -0.15) is 5.26 Å². The monoisotopic (exact) mass is 346 g/mol. The number of benzene rings is 3. The molecule has 0 spiro atoms. The van der Waals surface area contributed by atoms with Crippen molar-refractivity contribution in [2.75, 3.05) is 5.48 Å². The van der Waals surface area contributed by atoms with Crippen LogP contribution >= 0.6 is 0 Å². The Morgan fingerprint density at radius 2 is 1.81 bits per heavy atom. The molecule has 0 amide bonds. The summed E-state index contributed by atoms with van der Waals surface area (Å²) in [4.78, 5) is 0. The van der Waals surface area contributed by atoms with Crippen LogP contribution < -0.4 is 15.0 Å². The van der Waals surface area contributed by atoms with Crippen LogP contribution in [0, 0.1) is 18.3 Å². The fraction of sp³-hybridized carbons (Fsp3) is 0.0952. The molecule has 0 heterocycles. The van der Waals surface area contributed by atoms with Crippen molar-refractivity contribution in [2.24, 2.45) is 0 Å². The summed E-state index contributed by atoms with van der Waals surface area (Å²) >= 11 is 0. The number of nitriles is 1. The smallest absolute Gasteiger partial charge is 0.137 e. The maximum absolute atomic E-state index is 9.11. The van der Waals surface area contributed by atoms with Gasteiger partial charge in [0.2, 0.25) is 0 Å². The summed E-state index contributed by atoms with van der Waals surface area (Å²) in [6.45, 7) is 2.21. The first-order chi connectivity index (χ1) is 12.7. The van der Waals surface area contributed by atoms with Crippen LogP contribution in [-0.4, -0.2) is 5.21 Å². The highest BCUT2D eigenvalue weighted by Crippen LogP contribution is 2.27. The molecule has 5 nitrogen and oxygen atoms in total. The van der Waals surface area contributed by atoms with Crippen molar-refractivity contribution in [3.63, 3.8) is 0 Å². The average molecular weight is 346 g/mol. The van der Waals surface area contributed by atoms with Gasteiger partial charge in [-0.3, -0.25) is 10.7 Å². The van der Waals surface area contributed by atoms with Crippen LogP contribution in [0.5, 0.6) is 17.2 Å². The lowest BCUT2D eigenvalue weighted by molar-refractivity contribution is 0.304. The van der Waals surface area contributed by atoms with Crippen LogP contribution in [-0.2, 0) is 6.61 Å². The Balaban J connectivity index is 1.70. The lowest BCUT2D eigenvalue weighted by Crippen LogP contribution is -1.98. The van der Waals surface area contributed by atoms with Gasteiger partial charge in [0.1, 0.15) is 29.9 Å². The van der Waals surface area contributed by atoms with Crippen molar-refractivity contribution in [3.05, 3.63) is 83.4 Å². The Hall–Kier alpha value is -3.49. The first kappa shape index (κ1) is 17.3. The molecule has 0 radical (unpaired) electrons. The predicted octanol–water partition coefficient (Wildman–Crippen LogP) is 5.04. The van der Waals surface area contributed by atoms with Crippen molar-refractivity contribution in [1.82, 2.24) is 0 Å². The molecule has 0 fully saturated rings. The van der Waals surface area contributed by atoms with Gasteiger partial charge in [0.05, 0.1) is 11.3 Å². The van der Waals surface area contributed by atoms with Crippen molar-refractivity contribution in [2.45, 2.75) is 13.5 Å². The largest absolute Gasteiger partial charge is 0.488 e. The highest BCUT2D eigenvalue weighted by Gasteiger charge is 2.05. The Morgan fingerprint density at radius 3 is 2.58 bits per heavy atom. The highest BCUT2D eigenvalue weighted by atomic mass is 16.5. The summed E-state index contributed by atoms with van der Waals surface area (Å²) in [7, 11) is 0. The van der Waals surface area contributed by atoms with Crippen LogP contribution in [0.25, 0.3) is 0 Å². The van der Waals surface area contributed by atoms with Crippen LogP contribution in [0.2, 0.25) is 0 Å². The van der Waals surface area contributed by atoms with E-state index in [1.54, 1.807) is 30.3 Å². The van der Waals surface area contributed by atoms with Gasteiger partial charge in [-0.25, -0.2) is 0 Å². The Labute approximate surface area is 152 Å². The number of hydrogen-bond donors (Lipinski definition) is 2. The van der Waals surface area contributed by atoms with Crippen molar-refractivity contribution >= 4 is 5.69 Å². The Morgan fingerprint density at radius 1 is 1.00 bits per heavy atom. The van der Waals surface area contributed by atoms with E-state index in [4.69, 9.17) is 19.9 Å². The van der Waals surface area contributed by atoms with Crippen molar-refractivity contribution in [3.8, 4) is 23.3 Å². The standard InChI is InChI=1S/C21H18N2O3/c1-15-11-19(9-10-20(15)23-24)26-18-7-4-5-16(12-18)14-25-21-8-3-2-6-17(21)13-22/h2-12,23-24H,14H2,1H3. The minimum absolute atomic E-state index is 0.336. The molecule has 130 valence electrons. The molecule has 5 heteroatoms. The second kappa shape index (κ2) is 8.06. The van der Waals surface area contributed by atoms with Gasteiger partial charge in [0.15, 0.2) is 0 Å². The van der Waals surface area contributed by atoms with Gasteiger partial charge in [-0.15, -0.1) is 0 Å². The summed E-state index contributed by atoms with van der Waals surface area (Å²) < 4.78 is 11.6. The summed E-state index contributed by atoms with van der Waals surface area (Å²) in [6, 6.07) is 22.2. The Bertz CT molecular complexity index is 948. The third kappa shape index (κ3) is 4.12. The molecule has 0 saturated carbocycles. The number of anilines is 1. The van der Waals surface area contributed by atoms with Crippen molar-refractivity contribution < 1.29 is 14.7 Å². The van der Waals surface area contributed by atoms with Gasteiger partial charge < -0.3 is 9.47 Å². The van der Waals surface area contributed by atoms with Gasteiger partial charge in [-0.05, 0) is 60.5 Å². The first-order valence-electron chi connectivity index (χ1n) is 8.09. The first-order valence-corrected chi connectivity index (χ1v) is 8.09. The molecule has 0 aliphatic heterocycles. The molecule has 3 aromatic carbocycles. The van der Waals surface area contributed by atoms with Crippen LogP contribution in [0.4, 0.5) is 5.69 Å². The van der Waals surface area contributed by atoms with Crippen molar-refractivity contribution in [1.29, 1.82) is 5.26 Å². The van der Waals surface area contributed by atoms with E-state index >= 15 is 0 Å². The van der Waals surface area contributed by atoms with E-state index in [1.807, 2.05) is 43.3 Å². The molecule has 26 heavy (non-hydrogen) atoms. The average Bonchev–Trinajstić information content (AvgIpc) is 2.67. The summed E-state index contributed by atoms with van der Waals surface area (Å²) in [6.07, 6.45) is 0. The maximum Gasteiger partial charge on any atom is 0.137 e. The lowest BCUT2D eigenvalue weighted by atomic mass is 10.2. The number of para-hydroxylation sites is 1. The third-order valence-corrected chi connectivity index (χ3v) is 3.85. The minimum Gasteiger partial charge on any atom is -0.488 e. The number of nitrogens with zero attached hydrogens (tertiary/aromatic N) is 1. The lowest BCUT2D eigenvalue weighted by Gasteiger charge is -2.11. The summed E-state index contributed by atoms with van der Waals surface area (Å²) in [5.74, 6) is 1.92. The summed E-state index contributed by atoms with van der Waals surface area (Å²) in [5, 5.41) is 18.1. The van der Waals surface area contributed by atoms with E-state index in [-0.39, 0.29) is 0 Å². The Kier molecular flexibility index (Phi) is 5.37. The number of hydrogen-bond acceptors (Lipinski definition) is 5. The van der Waals surface area contributed by atoms with E-state index in [1.165, 1.54) is 0 Å². The second-order valence-corrected chi connectivity index (χ2v) is 5.73. The molecular weight excluding hydrogens is 328 g/mol. The number of aryl methyl sites for hydroxylation is 1. The zero-order valence-corrected chi connectivity index (χ0v) is 14.3. The molecule has 0 bridgehead atoms. The second-order valence-electron chi connectivity index (χ2n) is 5.73.